The van der Waals surface area contributed by atoms with Gasteiger partial charge in [0.2, 0.25) is 0 Å². The van der Waals surface area contributed by atoms with Crippen LogP contribution in [0.5, 0.6) is 0 Å². The van der Waals surface area contributed by atoms with E-state index < -0.39 is 31.2 Å². The Balaban J connectivity index is 2.20. The van der Waals surface area contributed by atoms with Crippen LogP contribution in [0, 0.1) is 0 Å². The molecule has 0 saturated carbocycles. The zero-order chi connectivity index (χ0) is 19.5. The van der Waals surface area contributed by atoms with E-state index in [9.17, 15) is 26.4 Å². The average molecular weight is 459 g/mol. The van der Waals surface area contributed by atoms with Crippen molar-refractivity contribution in [2.75, 3.05) is 17.3 Å². The fraction of sp³-hybridized carbons (Fsp3) is 0.176. The van der Waals surface area contributed by atoms with Gasteiger partial charge in [-0.2, -0.15) is 0 Å². The average Bonchev–Trinajstić information content (AvgIpc) is 2.60. The van der Waals surface area contributed by atoms with E-state index in [0.717, 1.165) is 6.26 Å². The summed E-state index contributed by atoms with van der Waals surface area (Å²) in [6.07, 6.45) is 1.04. The molecule has 0 amide bonds. The van der Waals surface area contributed by atoms with E-state index in [-0.39, 0.29) is 26.5 Å². The van der Waals surface area contributed by atoms with Crippen LogP contribution in [-0.4, -0.2) is 45.7 Å². The Morgan fingerprint density at radius 3 is 1.62 bits per heavy atom. The smallest absolute Gasteiger partial charge is 0.185 e. The van der Waals surface area contributed by atoms with Crippen LogP contribution in [0.25, 0.3) is 0 Å². The van der Waals surface area contributed by atoms with Crippen molar-refractivity contribution in [1.29, 1.82) is 0 Å². The maximum Gasteiger partial charge on any atom is 0.185 e. The molecule has 0 aliphatic carbocycles. The first-order chi connectivity index (χ1) is 12.0. The van der Waals surface area contributed by atoms with Crippen LogP contribution in [0.15, 0.2) is 58.3 Å². The summed E-state index contributed by atoms with van der Waals surface area (Å²) in [6.45, 7) is 0. The predicted molar refractivity (Wildman–Crippen MR) is 101 cm³/mol. The van der Waals surface area contributed by atoms with Gasteiger partial charge in [-0.3, -0.25) is 9.59 Å². The van der Waals surface area contributed by atoms with Gasteiger partial charge >= 0.3 is 0 Å². The van der Waals surface area contributed by atoms with E-state index >= 15 is 0 Å². The lowest BCUT2D eigenvalue weighted by Crippen LogP contribution is -2.16. The van der Waals surface area contributed by atoms with Gasteiger partial charge in [0.1, 0.15) is 5.75 Å². The summed E-state index contributed by atoms with van der Waals surface area (Å²) in [4.78, 5) is 23.7. The Morgan fingerprint density at radius 2 is 1.19 bits per heavy atom. The predicted octanol–water partition coefficient (Wildman–Crippen LogP) is 2.32. The number of Topliss-reactive ketones (excluding diaryl/α,β-unsaturated/α-hetero) is 2. The lowest BCUT2D eigenvalue weighted by Gasteiger charge is -2.06. The van der Waals surface area contributed by atoms with Gasteiger partial charge in [0.05, 0.1) is 15.1 Å². The SMILES string of the molecule is CS(=O)(=O)c1ccc(C(=O)CS(=O)(=O)c2ccc(C(=O)CBr)cc2)cc1. The van der Waals surface area contributed by atoms with Crippen molar-refractivity contribution in [3.63, 3.8) is 0 Å². The summed E-state index contributed by atoms with van der Waals surface area (Å²) in [5, 5.41) is 0.126. The number of hydrogen-bond donors (Lipinski definition) is 0. The van der Waals surface area contributed by atoms with E-state index in [1.807, 2.05) is 0 Å². The maximum absolute atomic E-state index is 12.4. The molecular weight excluding hydrogens is 444 g/mol. The number of benzene rings is 2. The Morgan fingerprint density at radius 1 is 0.769 bits per heavy atom. The molecular formula is C17H15BrO6S2. The number of alkyl halides is 1. The van der Waals surface area contributed by atoms with Gasteiger partial charge in [-0.05, 0) is 24.3 Å². The molecule has 2 aromatic rings. The summed E-state index contributed by atoms with van der Waals surface area (Å²) in [7, 11) is -7.28. The van der Waals surface area contributed by atoms with Crippen molar-refractivity contribution in [3.8, 4) is 0 Å². The normalized spacial score (nSPS) is 11.9. The van der Waals surface area contributed by atoms with Gasteiger partial charge in [0, 0.05) is 17.4 Å². The van der Waals surface area contributed by atoms with Gasteiger partial charge in [-0.15, -0.1) is 0 Å². The van der Waals surface area contributed by atoms with E-state index in [2.05, 4.69) is 15.9 Å². The number of sulfone groups is 2. The molecule has 6 nitrogen and oxygen atoms in total. The Hall–Kier alpha value is -1.84. The van der Waals surface area contributed by atoms with E-state index in [1.165, 1.54) is 48.5 Å². The Kier molecular flexibility index (Phi) is 6.15. The number of halogens is 1. The molecule has 0 aliphatic rings. The van der Waals surface area contributed by atoms with E-state index in [0.29, 0.717) is 5.56 Å². The molecule has 0 fully saturated rings. The van der Waals surface area contributed by atoms with Crippen LogP contribution in [0.2, 0.25) is 0 Å². The molecule has 138 valence electrons. The third-order valence-electron chi connectivity index (χ3n) is 3.58. The topological polar surface area (TPSA) is 102 Å². The van der Waals surface area contributed by atoms with Gasteiger partial charge in [-0.25, -0.2) is 16.8 Å². The fourth-order valence-corrected chi connectivity index (χ4v) is 4.34. The quantitative estimate of drug-likeness (QED) is 0.465. The monoisotopic (exact) mass is 458 g/mol. The highest BCUT2D eigenvalue weighted by molar-refractivity contribution is 9.09. The summed E-state index contributed by atoms with van der Waals surface area (Å²) < 4.78 is 47.6. The molecule has 0 spiro atoms. The van der Waals surface area contributed by atoms with Crippen LogP contribution in [-0.2, 0) is 19.7 Å². The summed E-state index contributed by atoms with van der Waals surface area (Å²) in [5.74, 6) is -1.58. The lowest BCUT2D eigenvalue weighted by atomic mass is 10.1. The highest BCUT2D eigenvalue weighted by Gasteiger charge is 2.21. The number of carbonyl (C=O) groups excluding carboxylic acids is 2. The molecule has 0 atom stereocenters. The molecule has 0 aliphatic heterocycles. The second kappa shape index (κ2) is 7.81. The molecule has 9 heteroatoms. The van der Waals surface area contributed by atoms with Crippen LogP contribution in [0.4, 0.5) is 0 Å². The molecule has 0 bridgehead atoms. The highest BCUT2D eigenvalue weighted by Crippen LogP contribution is 2.16. The second-order valence-corrected chi connectivity index (χ2v) is 10.1. The molecule has 0 saturated heterocycles. The van der Waals surface area contributed by atoms with Crippen LogP contribution < -0.4 is 0 Å². The third-order valence-corrected chi connectivity index (χ3v) is 6.85. The van der Waals surface area contributed by atoms with Gasteiger partial charge in [-0.1, -0.05) is 40.2 Å². The van der Waals surface area contributed by atoms with Crippen molar-refractivity contribution < 1.29 is 26.4 Å². The Bertz CT molecular complexity index is 1040. The molecule has 26 heavy (non-hydrogen) atoms. The van der Waals surface area contributed by atoms with E-state index in [4.69, 9.17) is 0 Å². The zero-order valence-corrected chi connectivity index (χ0v) is 16.9. The van der Waals surface area contributed by atoms with Crippen molar-refractivity contribution >= 4 is 47.2 Å². The molecule has 2 rings (SSSR count). The third kappa shape index (κ3) is 4.87. The van der Waals surface area contributed by atoms with Gasteiger partial charge in [0.25, 0.3) is 0 Å². The molecule has 2 aromatic carbocycles. The van der Waals surface area contributed by atoms with E-state index in [1.54, 1.807) is 0 Å². The minimum absolute atomic E-state index is 0.0453. The lowest BCUT2D eigenvalue weighted by molar-refractivity contribution is 0.101. The van der Waals surface area contributed by atoms with Gasteiger partial charge in [0.15, 0.2) is 31.2 Å². The number of hydrogen-bond acceptors (Lipinski definition) is 6. The molecule has 0 unspecified atom stereocenters. The first-order valence-corrected chi connectivity index (χ1v) is 12.0. The van der Waals surface area contributed by atoms with Crippen molar-refractivity contribution in [1.82, 2.24) is 0 Å². The molecule has 0 heterocycles. The number of carbonyl (C=O) groups is 2. The number of rotatable bonds is 7. The second-order valence-electron chi connectivity index (χ2n) is 5.56. The van der Waals surface area contributed by atoms with Crippen LogP contribution in [0.1, 0.15) is 20.7 Å². The zero-order valence-electron chi connectivity index (χ0n) is 13.7. The molecule has 0 aromatic heterocycles. The van der Waals surface area contributed by atoms with Crippen molar-refractivity contribution in [2.45, 2.75) is 9.79 Å². The van der Waals surface area contributed by atoms with Crippen LogP contribution in [0.3, 0.4) is 0 Å². The first kappa shape index (κ1) is 20.5. The minimum atomic E-state index is -3.89. The maximum atomic E-state index is 12.4. The summed E-state index contributed by atoms with van der Waals surface area (Å²) >= 11 is 3.04. The van der Waals surface area contributed by atoms with Crippen LogP contribution >= 0.6 is 15.9 Å². The number of ketones is 2. The summed E-state index contributed by atoms with van der Waals surface area (Å²) in [5.41, 5.74) is 0.468. The standard InChI is InChI=1S/C17H15BrO6S2/c1-25(21,22)14-6-2-13(3-7-14)17(20)11-26(23,24)15-8-4-12(5-9-15)16(19)10-18/h2-9H,10-11H2,1H3. The first-order valence-electron chi connectivity index (χ1n) is 7.30. The highest BCUT2D eigenvalue weighted by atomic mass is 79.9. The fourth-order valence-electron chi connectivity index (χ4n) is 2.15. The van der Waals surface area contributed by atoms with Gasteiger partial charge < -0.3 is 0 Å². The largest absolute Gasteiger partial charge is 0.293 e. The minimum Gasteiger partial charge on any atom is -0.293 e. The molecule has 0 N–H and O–H groups in total. The Labute approximate surface area is 160 Å². The molecule has 0 radical (unpaired) electrons. The van der Waals surface area contributed by atoms with Crippen molar-refractivity contribution in [2.24, 2.45) is 0 Å². The summed E-state index contributed by atoms with van der Waals surface area (Å²) in [6, 6.07) is 10.4. The van der Waals surface area contributed by atoms with Crippen molar-refractivity contribution in [3.05, 3.63) is 59.7 Å².